The number of fused-ring (bicyclic) bond motifs is 3. The molecule has 0 saturated carbocycles. The van der Waals surface area contributed by atoms with Crippen LogP contribution in [0.4, 0.5) is 4.79 Å². The number of carbonyl (C=O) groups excluding carboxylic acids is 2. The van der Waals surface area contributed by atoms with E-state index in [0.717, 1.165) is 11.1 Å². The SMILES string of the molecule is C=C1CN(Cc2ccccc2)C(=O)c2c3n(c(=O)n2C1)CCN(C(=O)OC(C)(C)C)C3. The van der Waals surface area contributed by atoms with Gasteiger partial charge in [0.15, 0.2) is 0 Å². The Morgan fingerprint density at radius 2 is 1.74 bits per heavy atom. The molecular weight excluding hydrogens is 396 g/mol. The van der Waals surface area contributed by atoms with E-state index in [1.54, 1.807) is 14.4 Å². The van der Waals surface area contributed by atoms with Crippen LogP contribution in [0.2, 0.25) is 0 Å². The zero-order valence-electron chi connectivity index (χ0n) is 18.3. The van der Waals surface area contributed by atoms with Crippen molar-refractivity contribution in [1.29, 1.82) is 0 Å². The summed E-state index contributed by atoms with van der Waals surface area (Å²) in [4.78, 5) is 42.5. The van der Waals surface area contributed by atoms with Gasteiger partial charge in [-0.25, -0.2) is 9.59 Å². The molecule has 0 radical (unpaired) electrons. The molecule has 164 valence electrons. The molecular formula is C23H28N4O4. The van der Waals surface area contributed by atoms with E-state index < -0.39 is 11.7 Å². The molecule has 0 spiro atoms. The van der Waals surface area contributed by atoms with Crippen LogP contribution >= 0.6 is 0 Å². The first kappa shape index (κ1) is 21.0. The number of aromatic nitrogens is 2. The molecule has 0 N–H and O–H groups in total. The lowest BCUT2D eigenvalue weighted by molar-refractivity contribution is 0.0196. The highest BCUT2D eigenvalue weighted by Crippen LogP contribution is 2.24. The number of hydrogen-bond donors (Lipinski definition) is 0. The quantitative estimate of drug-likeness (QED) is 0.695. The summed E-state index contributed by atoms with van der Waals surface area (Å²) in [6.07, 6.45) is -0.447. The average Bonchev–Trinajstić information content (AvgIpc) is 2.90. The van der Waals surface area contributed by atoms with E-state index >= 15 is 0 Å². The Hall–Kier alpha value is -3.29. The summed E-state index contributed by atoms with van der Waals surface area (Å²) in [6, 6.07) is 9.73. The van der Waals surface area contributed by atoms with Crippen molar-refractivity contribution < 1.29 is 14.3 Å². The third-order valence-electron chi connectivity index (χ3n) is 5.42. The van der Waals surface area contributed by atoms with Gasteiger partial charge in [0.1, 0.15) is 11.3 Å². The summed E-state index contributed by atoms with van der Waals surface area (Å²) >= 11 is 0. The number of rotatable bonds is 2. The smallest absolute Gasteiger partial charge is 0.410 e. The molecule has 0 aliphatic carbocycles. The summed E-state index contributed by atoms with van der Waals surface area (Å²) in [6.45, 7) is 11.4. The molecule has 2 aliphatic heterocycles. The number of benzene rings is 1. The van der Waals surface area contributed by atoms with Gasteiger partial charge in [-0.2, -0.15) is 0 Å². The number of amides is 2. The molecule has 0 unspecified atom stereocenters. The maximum absolute atomic E-state index is 13.6. The average molecular weight is 425 g/mol. The molecule has 1 aromatic heterocycles. The molecule has 3 heterocycles. The number of ether oxygens (including phenoxy) is 1. The number of imidazole rings is 1. The first-order valence-corrected chi connectivity index (χ1v) is 10.4. The summed E-state index contributed by atoms with van der Waals surface area (Å²) in [5, 5.41) is 0. The Labute approximate surface area is 181 Å². The minimum absolute atomic E-state index is 0.157. The molecule has 2 aromatic rings. The minimum Gasteiger partial charge on any atom is -0.444 e. The van der Waals surface area contributed by atoms with Crippen LogP contribution in [0.1, 0.15) is 42.5 Å². The van der Waals surface area contributed by atoms with E-state index in [4.69, 9.17) is 4.74 Å². The van der Waals surface area contributed by atoms with Crippen LogP contribution in [0.3, 0.4) is 0 Å². The Balaban J connectivity index is 1.69. The van der Waals surface area contributed by atoms with Crippen molar-refractivity contribution >= 4 is 12.0 Å². The molecule has 2 aliphatic rings. The molecule has 4 rings (SSSR count). The second kappa shape index (κ2) is 7.76. The first-order valence-electron chi connectivity index (χ1n) is 10.4. The van der Waals surface area contributed by atoms with Crippen LogP contribution in [0.25, 0.3) is 0 Å². The molecule has 0 fully saturated rings. The summed E-state index contributed by atoms with van der Waals surface area (Å²) < 4.78 is 8.60. The lowest BCUT2D eigenvalue weighted by Crippen LogP contribution is -2.43. The van der Waals surface area contributed by atoms with Gasteiger partial charge in [-0.05, 0) is 31.9 Å². The summed E-state index contributed by atoms with van der Waals surface area (Å²) in [7, 11) is 0. The van der Waals surface area contributed by atoms with Gasteiger partial charge in [0.2, 0.25) is 0 Å². The van der Waals surface area contributed by atoms with Gasteiger partial charge < -0.3 is 14.5 Å². The molecule has 0 saturated heterocycles. The molecule has 0 atom stereocenters. The Bertz CT molecular complexity index is 1090. The second-order valence-electron chi connectivity index (χ2n) is 9.11. The van der Waals surface area contributed by atoms with E-state index in [-0.39, 0.29) is 24.7 Å². The van der Waals surface area contributed by atoms with Crippen LogP contribution in [0.5, 0.6) is 0 Å². The molecule has 8 heteroatoms. The third-order valence-corrected chi connectivity index (χ3v) is 5.42. The van der Waals surface area contributed by atoms with Crippen LogP contribution < -0.4 is 5.69 Å². The van der Waals surface area contributed by atoms with E-state index in [2.05, 4.69) is 6.58 Å². The number of nitrogens with zero attached hydrogens (tertiary/aromatic N) is 4. The van der Waals surface area contributed by atoms with Crippen molar-refractivity contribution in [2.24, 2.45) is 0 Å². The molecule has 2 amide bonds. The normalized spacial score (nSPS) is 16.6. The zero-order chi connectivity index (χ0) is 22.3. The van der Waals surface area contributed by atoms with Crippen LogP contribution in [0.15, 0.2) is 47.3 Å². The monoisotopic (exact) mass is 424 g/mol. The Morgan fingerprint density at radius 1 is 1.03 bits per heavy atom. The van der Waals surface area contributed by atoms with Crippen molar-refractivity contribution in [3.05, 3.63) is 69.9 Å². The largest absolute Gasteiger partial charge is 0.444 e. The Morgan fingerprint density at radius 3 is 2.42 bits per heavy atom. The van der Waals surface area contributed by atoms with Crippen molar-refractivity contribution in [2.45, 2.75) is 52.6 Å². The molecule has 8 nitrogen and oxygen atoms in total. The maximum Gasteiger partial charge on any atom is 0.410 e. The number of hydrogen-bond acceptors (Lipinski definition) is 4. The predicted molar refractivity (Wildman–Crippen MR) is 116 cm³/mol. The standard InChI is InChI=1S/C23H28N4O4/c1-16-12-25(14-17-8-6-5-7-9-17)20(28)19-18-15-24(22(30)31-23(2,3)4)10-11-26(18)21(29)27(19)13-16/h5-9H,1,10-15H2,2-4H3. The third kappa shape index (κ3) is 4.15. The lowest BCUT2D eigenvalue weighted by atomic mass is 10.1. The van der Waals surface area contributed by atoms with Gasteiger partial charge in [-0.15, -0.1) is 0 Å². The van der Waals surface area contributed by atoms with Gasteiger partial charge in [-0.1, -0.05) is 36.9 Å². The fraction of sp³-hybridized carbons (Fsp3) is 0.435. The van der Waals surface area contributed by atoms with Crippen molar-refractivity contribution in [3.63, 3.8) is 0 Å². The highest BCUT2D eigenvalue weighted by molar-refractivity contribution is 5.94. The van der Waals surface area contributed by atoms with Crippen LogP contribution in [0, 0.1) is 0 Å². The fourth-order valence-electron chi connectivity index (χ4n) is 4.08. The van der Waals surface area contributed by atoms with E-state index in [1.165, 1.54) is 4.57 Å². The van der Waals surface area contributed by atoms with E-state index in [9.17, 15) is 14.4 Å². The molecule has 0 bridgehead atoms. The Kier molecular flexibility index (Phi) is 5.24. The molecule has 1 aromatic carbocycles. The predicted octanol–water partition coefficient (Wildman–Crippen LogP) is 2.61. The van der Waals surface area contributed by atoms with Crippen molar-refractivity contribution in [3.8, 4) is 0 Å². The van der Waals surface area contributed by atoms with Gasteiger partial charge in [-0.3, -0.25) is 13.9 Å². The lowest BCUT2D eigenvalue weighted by Gasteiger charge is -2.31. The van der Waals surface area contributed by atoms with Crippen molar-refractivity contribution in [1.82, 2.24) is 18.9 Å². The van der Waals surface area contributed by atoms with Crippen molar-refractivity contribution in [2.75, 3.05) is 13.1 Å². The number of carbonyl (C=O) groups is 2. The van der Waals surface area contributed by atoms with Gasteiger partial charge in [0.05, 0.1) is 18.8 Å². The van der Waals surface area contributed by atoms with Crippen LogP contribution in [-0.4, -0.2) is 49.6 Å². The first-order chi connectivity index (χ1) is 14.6. The highest BCUT2D eigenvalue weighted by atomic mass is 16.6. The van der Waals surface area contributed by atoms with Gasteiger partial charge >= 0.3 is 11.8 Å². The van der Waals surface area contributed by atoms with Gasteiger partial charge in [0, 0.05) is 26.2 Å². The topological polar surface area (TPSA) is 76.8 Å². The second-order valence-corrected chi connectivity index (χ2v) is 9.11. The van der Waals surface area contributed by atoms with E-state index in [0.29, 0.717) is 37.6 Å². The summed E-state index contributed by atoms with van der Waals surface area (Å²) in [5.41, 5.74) is 1.84. The summed E-state index contributed by atoms with van der Waals surface area (Å²) in [5.74, 6) is -0.223. The zero-order valence-corrected chi connectivity index (χ0v) is 18.3. The van der Waals surface area contributed by atoms with Crippen LogP contribution in [-0.2, 0) is 30.9 Å². The minimum atomic E-state index is -0.619. The van der Waals surface area contributed by atoms with Gasteiger partial charge in [0.25, 0.3) is 5.91 Å². The van der Waals surface area contributed by atoms with E-state index in [1.807, 2.05) is 51.1 Å². The highest BCUT2D eigenvalue weighted by Gasteiger charge is 2.36. The fourth-order valence-corrected chi connectivity index (χ4v) is 4.08. The molecule has 31 heavy (non-hydrogen) atoms. The maximum atomic E-state index is 13.6.